The Hall–Kier alpha value is -2.78. The predicted molar refractivity (Wildman–Crippen MR) is 81.7 cm³/mol. The molecule has 2 N–H and O–H groups in total. The number of amides is 1. The largest absolute Gasteiger partial charge is 0.476 e. The Kier molecular flexibility index (Phi) is 6.01. The summed E-state index contributed by atoms with van der Waals surface area (Å²) in [5, 5.41) is 11.1. The molecule has 0 radical (unpaired) electrons. The highest BCUT2D eigenvalue weighted by Crippen LogP contribution is 2.38. The maximum atomic E-state index is 13.2. The van der Waals surface area contributed by atoms with Gasteiger partial charge < -0.3 is 14.6 Å². The zero-order chi connectivity index (χ0) is 19.4. The van der Waals surface area contributed by atoms with Gasteiger partial charge in [0, 0.05) is 0 Å². The minimum atomic E-state index is -4.88. The molecule has 1 heterocycles. The van der Waals surface area contributed by atoms with Gasteiger partial charge in [0.2, 0.25) is 5.88 Å². The van der Waals surface area contributed by atoms with Crippen LogP contribution in [0.2, 0.25) is 0 Å². The molecule has 0 fully saturated rings. The average molecular weight is 362 g/mol. The third-order valence-corrected chi connectivity index (χ3v) is 2.47. The minimum Gasteiger partial charge on any atom is -0.476 e. The van der Waals surface area contributed by atoms with Crippen molar-refractivity contribution < 1.29 is 37.3 Å². The van der Waals surface area contributed by atoms with Crippen LogP contribution in [0.1, 0.15) is 36.8 Å². The van der Waals surface area contributed by atoms with E-state index in [2.05, 4.69) is 11.6 Å². The number of pyridine rings is 1. The number of alkyl halides is 3. The molecule has 1 rings (SSSR count). The van der Waals surface area contributed by atoms with Gasteiger partial charge in [-0.1, -0.05) is 12.7 Å². The van der Waals surface area contributed by atoms with E-state index < -0.39 is 46.7 Å². The number of carbonyl (C=O) groups excluding carboxylic acids is 1. The van der Waals surface area contributed by atoms with E-state index in [1.165, 1.54) is 26.8 Å². The van der Waals surface area contributed by atoms with E-state index in [-0.39, 0.29) is 6.61 Å². The summed E-state index contributed by atoms with van der Waals surface area (Å²) in [6.07, 6.45) is -4.83. The van der Waals surface area contributed by atoms with Crippen LogP contribution in [0.15, 0.2) is 18.7 Å². The van der Waals surface area contributed by atoms with Crippen LogP contribution >= 0.6 is 0 Å². The van der Waals surface area contributed by atoms with Crippen LogP contribution in [0.5, 0.6) is 5.88 Å². The van der Waals surface area contributed by atoms with Crippen molar-refractivity contribution in [1.29, 1.82) is 0 Å². The summed E-state index contributed by atoms with van der Waals surface area (Å²) < 4.78 is 49.2. The summed E-state index contributed by atoms with van der Waals surface area (Å²) in [5.41, 5.74) is -3.76. The van der Waals surface area contributed by atoms with Gasteiger partial charge in [0.25, 0.3) is 0 Å². The van der Waals surface area contributed by atoms with Gasteiger partial charge in [-0.3, -0.25) is 5.32 Å². The van der Waals surface area contributed by atoms with Gasteiger partial charge in [-0.2, -0.15) is 13.2 Å². The number of aromatic carboxylic acids is 1. The molecular weight excluding hydrogens is 345 g/mol. The summed E-state index contributed by atoms with van der Waals surface area (Å²) in [6.45, 7) is 7.59. The second-order valence-electron chi connectivity index (χ2n) is 5.77. The normalized spacial score (nSPS) is 11.6. The molecule has 0 aromatic carbocycles. The van der Waals surface area contributed by atoms with Crippen molar-refractivity contribution in [3.05, 3.63) is 30.0 Å². The van der Waals surface area contributed by atoms with Crippen molar-refractivity contribution in [2.24, 2.45) is 0 Å². The van der Waals surface area contributed by atoms with Gasteiger partial charge in [-0.05, 0) is 26.8 Å². The molecule has 7 nitrogen and oxygen atoms in total. The molecule has 25 heavy (non-hydrogen) atoms. The molecule has 1 aromatic rings. The Balaban J connectivity index is 3.37. The van der Waals surface area contributed by atoms with Gasteiger partial charge in [-0.25, -0.2) is 14.6 Å². The van der Waals surface area contributed by atoms with E-state index >= 15 is 0 Å². The van der Waals surface area contributed by atoms with Gasteiger partial charge in [0.05, 0.1) is 5.69 Å². The lowest BCUT2D eigenvalue weighted by Gasteiger charge is -2.21. The lowest BCUT2D eigenvalue weighted by Crippen LogP contribution is -2.28. The lowest BCUT2D eigenvalue weighted by atomic mass is 10.2. The van der Waals surface area contributed by atoms with Gasteiger partial charge >= 0.3 is 18.2 Å². The van der Waals surface area contributed by atoms with Crippen LogP contribution in [0.3, 0.4) is 0 Å². The molecule has 10 heteroatoms. The van der Waals surface area contributed by atoms with Crippen molar-refractivity contribution in [3.8, 4) is 5.88 Å². The highest BCUT2D eigenvalue weighted by molar-refractivity contribution is 5.97. The Morgan fingerprint density at radius 3 is 2.40 bits per heavy atom. The van der Waals surface area contributed by atoms with Crippen LogP contribution in [-0.4, -0.2) is 34.4 Å². The van der Waals surface area contributed by atoms with Crippen molar-refractivity contribution >= 4 is 17.7 Å². The van der Waals surface area contributed by atoms with Crippen molar-refractivity contribution in [2.45, 2.75) is 32.5 Å². The van der Waals surface area contributed by atoms with Crippen molar-refractivity contribution in [1.82, 2.24) is 4.98 Å². The fourth-order valence-electron chi connectivity index (χ4n) is 1.62. The van der Waals surface area contributed by atoms with E-state index in [9.17, 15) is 22.8 Å². The third kappa shape index (κ3) is 5.98. The smallest absolute Gasteiger partial charge is 0.421 e. The van der Waals surface area contributed by atoms with Gasteiger partial charge in [0.1, 0.15) is 17.8 Å². The highest BCUT2D eigenvalue weighted by atomic mass is 19.4. The van der Waals surface area contributed by atoms with Crippen molar-refractivity contribution in [3.63, 3.8) is 0 Å². The molecule has 1 amide bonds. The summed E-state index contributed by atoms with van der Waals surface area (Å²) in [5.74, 6) is -2.58. The van der Waals surface area contributed by atoms with Gasteiger partial charge in [-0.15, -0.1) is 0 Å². The van der Waals surface area contributed by atoms with Crippen LogP contribution < -0.4 is 10.1 Å². The van der Waals surface area contributed by atoms with E-state index in [1.54, 1.807) is 0 Å². The maximum absolute atomic E-state index is 13.2. The second kappa shape index (κ2) is 7.41. The molecule has 0 aliphatic rings. The number of hydrogen-bond donors (Lipinski definition) is 2. The Bertz CT molecular complexity index is 681. The first-order valence-corrected chi connectivity index (χ1v) is 6.94. The summed E-state index contributed by atoms with van der Waals surface area (Å²) in [6, 6.07) is 0.429. The number of carbonyl (C=O) groups is 2. The Labute approximate surface area is 141 Å². The highest BCUT2D eigenvalue weighted by Gasteiger charge is 2.37. The van der Waals surface area contributed by atoms with E-state index in [1.807, 2.05) is 5.32 Å². The zero-order valence-corrected chi connectivity index (χ0v) is 13.7. The van der Waals surface area contributed by atoms with E-state index in [0.717, 1.165) is 0 Å². The minimum absolute atomic E-state index is 0.312. The fraction of sp³-hybridized carbons (Fsp3) is 0.400. The summed E-state index contributed by atoms with van der Waals surface area (Å²) in [7, 11) is 0. The molecular formula is C15H17F3N2O5. The number of aromatic nitrogens is 1. The maximum Gasteiger partial charge on any atom is 0.421 e. The number of carboxylic acids is 1. The molecule has 0 spiro atoms. The monoisotopic (exact) mass is 362 g/mol. The topological polar surface area (TPSA) is 97.8 Å². The number of nitrogens with zero attached hydrogens (tertiary/aromatic N) is 1. The third-order valence-electron chi connectivity index (χ3n) is 2.47. The SMILES string of the molecule is C=CCOc1nc(C(=O)O)c(NC(=O)OC(C)(C)C)cc1C(F)(F)F. The first kappa shape index (κ1) is 20.3. The summed E-state index contributed by atoms with van der Waals surface area (Å²) in [4.78, 5) is 26.4. The fourth-order valence-corrected chi connectivity index (χ4v) is 1.62. The molecule has 0 unspecified atom stereocenters. The number of carboxylic acid groups (broad SMARTS) is 1. The van der Waals surface area contributed by atoms with E-state index in [4.69, 9.17) is 14.6 Å². The zero-order valence-electron chi connectivity index (χ0n) is 13.7. The molecule has 0 atom stereocenters. The number of rotatable bonds is 5. The number of halogens is 3. The molecule has 138 valence electrons. The van der Waals surface area contributed by atoms with Crippen LogP contribution in [0.4, 0.5) is 23.7 Å². The Morgan fingerprint density at radius 1 is 1.36 bits per heavy atom. The lowest BCUT2D eigenvalue weighted by molar-refractivity contribution is -0.139. The molecule has 1 aromatic heterocycles. The Morgan fingerprint density at radius 2 is 1.96 bits per heavy atom. The van der Waals surface area contributed by atoms with Crippen molar-refractivity contribution in [2.75, 3.05) is 11.9 Å². The van der Waals surface area contributed by atoms with Crippen LogP contribution in [0.25, 0.3) is 0 Å². The van der Waals surface area contributed by atoms with Crippen LogP contribution in [0, 0.1) is 0 Å². The van der Waals surface area contributed by atoms with Gasteiger partial charge in [0.15, 0.2) is 5.69 Å². The van der Waals surface area contributed by atoms with E-state index in [0.29, 0.717) is 6.07 Å². The molecule has 0 aliphatic carbocycles. The standard InChI is InChI=1S/C15H17F3N2O5/c1-5-6-24-11-8(15(16,17)18)7-9(10(20-11)12(21)22)19-13(23)25-14(2,3)4/h5,7H,1,6H2,2-4H3,(H,19,23)(H,21,22). The first-order chi connectivity index (χ1) is 11.3. The number of hydrogen-bond acceptors (Lipinski definition) is 5. The molecule has 0 saturated heterocycles. The molecule has 0 saturated carbocycles. The molecule has 0 aliphatic heterocycles. The van der Waals surface area contributed by atoms with Crippen LogP contribution in [-0.2, 0) is 10.9 Å². The average Bonchev–Trinajstić information content (AvgIpc) is 2.41. The summed E-state index contributed by atoms with van der Waals surface area (Å²) >= 11 is 0. The number of nitrogens with one attached hydrogen (secondary N) is 1. The second-order valence-corrected chi connectivity index (χ2v) is 5.77. The number of ether oxygens (including phenoxy) is 2. The predicted octanol–water partition coefficient (Wildman–Crippen LogP) is 3.71. The first-order valence-electron chi connectivity index (χ1n) is 6.94. The molecule has 0 bridgehead atoms. The number of anilines is 1. The quantitative estimate of drug-likeness (QED) is 0.775.